The van der Waals surface area contributed by atoms with E-state index in [9.17, 15) is 28.8 Å². The lowest BCUT2D eigenvalue weighted by molar-refractivity contribution is -0.343. The number of hydrogen-bond acceptors (Lipinski definition) is 16. The average molecular weight is 790 g/mol. The molecule has 0 aromatic heterocycles. The van der Waals surface area contributed by atoms with E-state index in [1.54, 1.807) is 18.2 Å². The second kappa shape index (κ2) is 18.5. The minimum absolute atomic E-state index is 0.0372. The standard InChI is InChI=1S/C34H38N3O13P3/c1-19(2)27(38)44-26(18-33(45-28(39)20(3)4,46-29(40)21(5)6)47-30(41)22(7)8)34(48-31(42)23(9)10,49-32(43)24(11)12)53(36-51-35-52-37-53)50-25-16-14-13-15-17-25/h13-17,26H,1,3,5,7,9,11,18H2,2,4,6,8,10,12H3. The molecule has 1 aliphatic heterocycles. The third-order valence-electron chi connectivity index (χ3n) is 6.19. The first-order valence-corrected chi connectivity index (χ1v) is 18.3. The second-order valence-electron chi connectivity index (χ2n) is 11.4. The highest BCUT2D eigenvalue weighted by Crippen LogP contribution is 2.70. The molecular formula is C34H38N3O13P3. The second-order valence-corrected chi connectivity index (χ2v) is 15.8. The van der Waals surface area contributed by atoms with Gasteiger partial charge in [0.15, 0.2) is 17.0 Å². The fourth-order valence-corrected chi connectivity index (χ4v) is 8.67. The van der Waals surface area contributed by atoms with Gasteiger partial charge in [-0.05, 0) is 53.7 Å². The van der Waals surface area contributed by atoms with Gasteiger partial charge in [0.1, 0.15) is 12.2 Å². The third kappa shape index (κ3) is 11.3. The maximum atomic E-state index is 13.7. The van der Waals surface area contributed by atoms with Crippen molar-refractivity contribution in [3.05, 3.63) is 103 Å². The molecule has 0 radical (unpaired) electrons. The van der Waals surface area contributed by atoms with Gasteiger partial charge in [-0.2, -0.15) is 13.5 Å². The highest BCUT2D eigenvalue weighted by molar-refractivity contribution is 7.70. The number of carbonyl (C=O) groups excluding carboxylic acids is 6. The number of nitrogens with zero attached hydrogens (tertiary/aromatic N) is 3. The van der Waals surface area contributed by atoms with Crippen molar-refractivity contribution < 1.29 is 61.7 Å². The quantitative estimate of drug-likeness (QED) is 0.0455. The molecule has 2 atom stereocenters. The van der Waals surface area contributed by atoms with Crippen molar-refractivity contribution in [2.45, 2.75) is 65.6 Å². The SMILES string of the molecule is C=C(C)C(=O)OC(CC(OC(=O)C(=C)C)(OC(=O)C(=C)C)OC(=O)C(=C)C)C(OC(=O)C(=C)C)(OC(=O)C(=C)C)P1(Oc2ccccc2)=NP=NP=N1. The molecular weight excluding hydrogens is 751 g/mol. The topological polar surface area (TPSA) is 204 Å². The van der Waals surface area contributed by atoms with Crippen molar-refractivity contribution in [2.24, 2.45) is 13.5 Å². The molecule has 19 heteroatoms. The number of carbonyl (C=O) groups is 6. The number of hydrogen-bond donors (Lipinski definition) is 0. The van der Waals surface area contributed by atoms with Crippen LogP contribution in [0.15, 0.2) is 117 Å². The van der Waals surface area contributed by atoms with Crippen molar-refractivity contribution in [3.8, 4) is 5.75 Å². The van der Waals surface area contributed by atoms with Gasteiger partial charge in [-0.15, -0.1) is 0 Å². The smallest absolute Gasteiger partial charge is 0.428 e. The van der Waals surface area contributed by atoms with Crippen molar-refractivity contribution in [1.82, 2.24) is 0 Å². The molecule has 0 saturated carbocycles. The summed E-state index contributed by atoms with van der Waals surface area (Å²) >= 11 is 0. The monoisotopic (exact) mass is 789 g/mol. The van der Waals surface area contributed by atoms with E-state index in [1.807, 2.05) is 0 Å². The van der Waals surface area contributed by atoms with Crippen LogP contribution in [0.2, 0.25) is 0 Å². The Morgan fingerprint density at radius 3 is 1.38 bits per heavy atom. The van der Waals surface area contributed by atoms with E-state index < -0.39 is 67.3 Å². The summed E-state index contributed by atoms with van der Waals surface area (Å²) in [5.74, 6) is -10.9. The Balaban J connectivity index is 3.32. The van der Waals surface area contributed by atoms with Gasteiger partial charge in [-0.25, -0.2) is 28.8 Å². The van der Waals surface area contributed by atoms with Crippen LogP contribution in [0, 0.1) is 0 Å². The van der Waals surface area contributed by atoms with Crippen molar-refractivity contribution >= 4 is 60.3 Å². The average Bonchev–Trinajstić information content (AvgIpc) is 3.07. The van der Waals surface area contributed by atoms with Gasteiger partial charge in [0.25, 0.3) is 0 Å². The van der Waals surface area contributed by atoms with E-state index in [0.29, 0.717) is 0 Å². The fraction of sp³-hybridized carbons (Fsp3) is 0.294. The van der Waals surface area contributed by atoms with Gasteiger partial charge in [-0.3, -0.25) is 0 Å². The van der Waals surface area contributed by atoms with Gasteiger partial charge in [0, 0.05) is 33.4 Å². The van der Waals surface area contributed by atoms with Gasteiger partial charge < -0.3 is 32.9 Å². The molecule has 1 aliphatic rings. The maximum absolute atomic E-state index is 13.7. The van der Waals surface area contributed by atoms with Gasteiger partial charge >= 0.3 is 54.7 Å². The number of esters is 6. The molecule has 282 valence electrons. The Morgan fingerprint density at radius 1 is 0.623 bits per heavy atom. The first kappa shape index (κ1) is 43.9. The van der Waals surface area contributed by atoms with E-state index in [0.717, 1.165) is 0 Å². The van der Waals surface area contributed by atoms with Crippen LogP contribution in [0.4, 0.5) is 0 Å². The number of ether oxygens (including phenoxy) is 6. The lowest BCUT2D eigenvalue weighted by Crippen LogP contribution is -2.57. The van der Waals surface area contributed by atoms with Crippen LogP contribution >= 0.6 is 24.5 Å². The lowest BCUT2D eigenvalue weighted by atomic mass is 10.1. The Hall–Kier alpha value is -5.29. The molecule has 0 N–H and O–H groups in total. The maximum Gasteiger partial charge on any atom is 0.428 e. The first-order valence-electron chi connectivity index (χ1n) is 15.1. The Bertz CT molecular complexity index is 1800. The summed E-state index contributed by atoms with van der Waals surface area (Å²) in [5, 5.41) is 0. The van der Waals surface area contributed by atoms with Crippen molar-refractivity contribution in [3.63, 3.8) is 0 Å². The van der Waals surface area contributed by atoms with Crippen LogP contribution in [-0.4, -0.2) is 53.4 Å². The van der Waals surface area contributed by atoms with E-state index in [-0.39, 0.29) is 56.2 Å². The molecule has 16 nitrogen and oxygen atoms in total. The van der Waals surface area contributed by atoms with E-state index in [4.69, 9.17) is 32.9 Å². The lowest BCUT2D eigenvalue weighted by Gasteiger charge is -2.44. The molecule has 2 rings (SSSR count). The normalized spacial score (nSPS) is 15.8. The fourth-order valence-electron chi connectivity index (χ4n) is 3.51. The highest BCUT2D eigenvalue weighted by atomic mass is 31.2. The van der Waals surface area contributed by atoms with Crippen LogP contribution in [0.25, 0.3) is 0 Å². The molecule has 1 aromatic carbocycles. The summed E-state index contributed by atoms with van der Waals surface area (Å²) in [4.78, 5) is 80.6. The van der Waals surface area contributed by atoms with Crippen molar-refractivity contribution in [2.75, 3.05) is 0 Å². The summed E-state index contributed by atoms with van der Waals surface area (Å²) in [7, 11) is -4.73. The molecule has 0 bridgehead atoms. The molecule has 53 heavy (non-hydrogen) atoms. The van der Waals surface area contributed by atoms with Crippen LogP contribution in [0.3, 0.4) is 0 Å². The molecule has 0 saturated heterocycles. The van der Waals surface area contributed by atoms with Gasteiger partial charge in [-0.1, -0.05) is 57.7 Å². The van der Waals surface area contributed by atoms with E-state index in [2.05, 4.69) is 53.0 Å². The number of benzene rings is 1. The Kier molecular flexibility index (Phi) is 15.3. The Labute approximate surface area is 309 Å². The molecule has 0 aliphatic carbocycles. The molecule has 1 aromatic rings. The molecule has 0 spiro atoms. The van der Waals surface area contributed by atoms with E-state index >= 15 is 0 Å². The Morgan fingerprint density at radius 2 is 1.02 bits per heavy atom. The molecule has 0 fully saturated rings. The summed E-state index contributed by atoms with van der Waals surface area (Å²) < 4.78 is 53.6. The third-order valence-corrected chi connectivity index (χ3v) is 11.2. The minimum Gasteiger partial charge on any atom is -0.449 e. The van der Waals surface area contributed by atoms with Crippen molar-refractivity contribution in [1.29, 1.82) is 0 Å². The summed E-state index contributed by atoms with van der Waals surface area (Å²) in [6, 6.07) is 7.74. The molecule has 0 amide bonds. The van der Waals surface area contributed by atoms with Gasteiger partial charge in [0.05, 0.1) is 0 Å². The summed E-state index contributed by atoms with van der Waals surface area (Å²) in [5.41, 5.74) is -4.84. The van der Waals surface area contributed by atoms with Crippen LogP contribution in [-0.2, 0) is 57.2 Å². The van der Waals surface area contributed by atoms with Crippen LogP contribution in [0.5, 0.6) is 5.75 Å². The van der Waals surface area contributed by atoms with Crippen LogP contribution in [0.1, 0.15) is 48.0 Å². The predicted molar refractivity (Wildman–Crippen MR) is 194 cm³/mol. The summed E-state index contributed by atoms with van der Waals surface area (Å²) in [6.07, 6.45) is -3.72. The summed E-state index contributed by atoms with van der Waals surface area (Å²) in [6.45, 7) is 28.7. The van der Waals surface area contributed by atoms with Gasteiger partial charge in [0.2, 0.25) is 6.10 Å². The largest absolute Gasteiger partial charge is 0.449 e. The number of para-hydroxylation sites is 1. The minimum atomic E-state index is -4.55. The zero-order chi connectivity index (χ0) is 40.3. The van der Waals surface area contributed by atoms with Crippen LogP contribution < -0.4 is 4.52 Å². The predicted octanol–water partition coefficient (Wildman–Crippen LogP) is 7.98. The first-order chi connectivity index (χ1) is 24.6. The van der Waals surface area contributed by atoms with E-state index in [1.165, 1.54) is 53.7 Å². The molecule has 1 heterocycles. The zero-order valence-electron chi connectivity index (χ0n) is 29.9. The zero-order valence-corrected chi connectivity index (χ0v) is 32.6. The molecule has 2 unspecified atom stereocenters. The highest BCUT2D eigenvalue weighted by Gasteiger charge is 2.68. The number of rotatable bonds is 18.